The number of rotatable bonds is 3. The van der Waals surface area contributed by atoms with Gasteiger partial charge in [0, 0.05) is 18.4 Å². The van der Waals surface area contributed by atoms with Gasteiger partial charge in [0.1, 0.15) is 0 Å². The molecule has 5 nitrogen and oxygen atoms in total. The number of hydrogen-bond donors (Lipinski definition) is 0. The molecule has 0 fully saturated rings. The smallest absolute Gasteiger partial charge is 0.308 e. The maximum Gasteiger partial charge on any atom is 0.417 e. The predicted octanol–water partition coefficient (Wildman–Crippen LogP) is 4.61. The summed E-state index contributed by atoms with van der Waals surface area (Å²) in [4.78, 5) is 18.9. The van der Waals surface area contributed by atoms with Gasteiger partial charge in [0.2, 0.25) is 0 Å². The highest BCUT2D eigenvalue weighted by Crippen LogP contribution is 2.32. The summed E-state index contributed by atoms with van der Waals surface area (Å²) in [6, 6.07) is 9.98. The number of pyridine rings is 1. The van der Waals surface area contributed by atoms with E-state index in [0.29, 0.717) is 17.8 Å². The number of halogens is 3. The molecule has 8 heteroatoms. The summed E-state index contributed by atoms with van der Waals surface area (Å²) in [6.07, 6.45) is -1.43. The van der Waals surface area contributed by atoms with E-state index in [4.69, 9.17) is 0 Å². The molecule has 0 N–H and O–H groups in total. The number of alkyl halides is 3. The van der Waals surface area contributed by atoms with E-state index < -0.39 is 11.7 Å². The van der Waals surface area contributed by atoms with Gasteiger partial charge in [-0.15, -0.1) is 0 Å². The minimum absolute atomic E-state index is 0.0848. The van der Waals surface area contributed by atoms with E-state index in [1.165, 1.54) is 16.9 Å². The van der Waals surface area contributed by atoms with Crippen LogP contribution in [-0.2, 0) is 12.6 Å². The molecule has 0 aliphatic carbocycles. The molecule has 0 radical (unpaired) electrons. The molecule has 150 valence electrons. The van der Waals surface area contributed by atoms with Crippen molar-refractivity contribution in [2.45, 2.75) is 32.4 Å². The van der Waals surface area contributed by atoms with E-state index in [1.54, 1.807) is 4.90 Å². The van der Waals surface area contributed by atoms with Crippen LogP contribution >= 0.6 is 0 Å². The third kappa shape index (κ3) is 3.39. The van der Waals surface area contributed by atoms with Crippen molar-refractivity contribution in [2.24, 2.45) is 0 Å². The molecular formula is C21H19F3N4O. The van der Waals surface area contributed by atoms with E-state index >= 15 is 0 Å². The van der Waals surface area contributed by atoms with Crippen molar-refractivity contribution in [1.82, 2.24) is 14.8 Å². The van der Waals surface area contributed by atoms with Crippen LogP contribution in [0.3, 0.4) is 0 Å². The van der Waals surface area contributed by atoms with Gasteiger partial charge in [-0.05, 0) is 36.1 Å². The van der Waals surface area contributed by atoms with E-state index in [0.717, 1.165) is 29.9 Å². The number of amides is 1. The number of nitrogens with zero attached hydrogens (tertiary/aromatic N) is 4. The number of carbonyl (C=O) groups is 1. The van der Waals surface area contributed by atoms with Gasteiger partial charge in [0.15, 0.2) is 5.82 Å². The van der Waals surface area contributed by atoms with Crippen LogP contribution in [0.5, 0.6) is 0 Å². The Morgan fingerprint density at radius 1 is 1.10 bits per heavy atom. The topological polar surface area (TPSA) is 51.0 Å². The summed E-state index contributed by atoms with van der Waals surface area (Å²) >= 11 is 0. The Morgan fingerprint density at radius 3 is 2.52 bits per heavy atom. The lowest BCUT2D eigenvalue weighted by atomic mass is 10.0. The first-order valence-corrected chi connectivity index (χ1v) is 9.28. The van der Waals surface area contributed by atoms with E-state index in [2.05, 4.69) is 10.1 Å². The Labute approximate surface area is 165 Å². The number of benzene rings is 1. The monoisotopic (exact) mass is 400 g/mol. The number of hydrogen-bond acceptors (Lipinski definition) is 3. The lowest BCUT2D eigenvalue weighted by molar-refractivity contribution is -0.137. The fraction of sp³-hybridized carbons (Fsp3) is 0.286. The molecule has 1 aliphatic rings. The van der Waals surface area contributed by atoms with Crippen LogP contribution in [0.15, 0.2) is 48.8 Å². The maximum absolute atomic E-state index is 13.3. The second-order valence-corrected chi connectivity index (χ2v) is 7.25. The fourth-order valence-corrected chi connectivity index (χ4v) is 3.63. The molecule has 2 aromatic heterocycles. The number of aromatic nitrogens is 3. The summed E-state index contributed by atoms with van der Waals surface area (Å²) in [7, 11) is 0. The van der Waals surface area contributed by atoms with Gasteiger partial charge >= 0.3 is 6.18 Å². The molecule has 29 heavy (non-hydrogen) atoms. The maximum atomic E-state index is 13.3. The number of fused-ring (bicyclic) bond motifs is 1. The van der Waals surface area contributed by atoms with Crippen molar-refractivity contribution in [3.8, 4) is 5.82 Å². The van der Waals surface area contributed by atoms with Crippen LogP contribution in [0.25, 0.3) is 5.82 Å². The first-order valence-electron chi connectivity index (χ1n) is 9.28. The molecule has 0 bridgehead atoms. The molecule has 0 saturated heterocycles. The van der Waals surface area contributed by atoms with Gasteiger partial charge in [-0.25, -0.2) is 9.67 Å². The van der Waals surface area contributed by atoms with Crippen LogP contribution in [0.1, 0.15) is 46.9 Å². The SMILES string of the molecule is CC(C)c1c(C(=O)N2CCc3ccccc32)cnn1-c1ccc(C(F)(F)F)cn1. The third-order valence-electron chi connectivity index (χ3n) is 5.01. The first-order chi connectivity index (χ1) is 13.8. The molecule has 0 atom stereocenters. The van der Waals surface area contributed by atoms with Crippen molar-refractivity contribution >= 4 is 11.6 Å². The predicted molar refractivity (Wildman–Crippen MR) is 102 cm³/mol. The Morgan fingerprint density at radius 2 is 1.86 bits per heavy atom. The number of carbonyl (C=O) groups excluding carboxylic acids is 1. The van der Waals surface area contributed by atoms with Gasteiger partial charge in [0.05, 0.1) is 23.0 Å². The molecule has 3 aromatic rings. The first kappa shape index (κ1) is 19.2. The van der Waals surface area contributed by atoms with Gasteiger partial charge in [-0.2, -0.15) is 18.3 Å². The van der Waals surface area contributed by atoms with E-state index in [1.807, 2.05) is 38.1 Å². The fourth-order valence-electron chi connectivity index (χ4n) is 3.63. The number of anilines is 1. The normalized spacial score (nSPS) is 13.8. The van der Waals surface area contributed by atoms with E-state index in [-0.39, 0.29) is 17.6 Å². The van der Waals surface area contributed by atoms with Crippen LogP contribution < -0.4 is 4.90 Å². The molecule has 1 aromatic carbocycles. The molecule has 0 spiro atoms. The second-order valence-electron chi connectivity index (χ2n) is 7.25. The molecule has 1 aliphatic heterocycles. The quantitative estimate of drug-likeness (QED) is 0.645. The average Bonchev–Trinajstić information content (AvgIpc) is 3.31. The zero-order chi connectivity index (χ0) is 20.8. The Kier molecular flexibility index (Phi) is 4.64. The summed E-state index contributed by atoms with van der Waals surface area (Å²) in [5.74, 6) is -0.0160. The van der Waals surface area contributed by atoms with Crippen molar-refractivity contribution in [1.29, 1.82) is 0 Å². The van der Waals surface area contributed by atoms with Crippen molar-refractivity contribution < 1.29 is 18.0 Å². The molecule has 0 saturated carbocycles. The molecule has 0 unspecified atom stereocenters. The third-order valence-corrected chi connectivity index (χ3v) is 5.01. The molecule has 4 rings (SSSR count). The highest BCUT2D eigenvalue weighted by atomic mass is 19.4. The van der Waals surface area contributed by atoms with E-state index in [9.17, 15) is 18.0 Å². The Balaban J connectivity index is 1.72. The van der Waals surface area contributed by atoms with Gasteiger partial charge < -0.3 is 4.90 Å². The summed E-state index contributed by atoms with van der Waals surface area (Å²) in [5, 5.41) is 4.27. The summed E-state index contributed by atoms with van der Waals surface area (Å²) in [5.41, 5.74) is 2.21. The second kappa shape index (κ2) is 7.02. The minimum atomic E-state index is -4.46. The average molecular weight is 400 g/mol. The number of para-hydroxylation sites is 1. The van der Waals surface area contributed by atoms with Crippen LogP contribution in [0.2, 0.25) is 0 Å². The zero-order valence-corrected chi connectivity index (χ0v) is 15.9. The summed E-state index contributed by atoms with van der Waals surface area (Å²) in [6.45, 7) is 4.40. The van der Waals surface area contributed by atoms with Gasteiger partial charge in [0.25, 0.3) is 5.91 Å². The highest BCUT2D eigenvalue weighted by Gasteiger charge is 2.32. The van der Waals surface area contributed by atoms with Crippen LogP contribution in [-0.4, -0.2) is 27.2 Å². The van der Waals surface area contributed by atoms with Crippen LogP contribution in [0.4, 0.5) is 18.9 Å². The molecule has 3 heterocycles. The van der Waals surface area contributed by atoms with Crippen molar-refractivity contribution in [3.63, 3.8) is 0 Å². The summed E-state index contributed by atoms with van der Waals surface area (Å²) < 4.78 is 39.9. The lowest BCUT2D eigenvalue weighted by Gasteiger charge is -2.19. The van der Waals surface area contributed by atoms with Crippen molar-refractivity contribution in [2.75, 3.05) is 11.4 Å². The Bertz CT molecular complexity index is 1050. The standard InChI is InChI=1S/C21H19F3N4O/c1-13(2)19-16(20(29)27-10-9-14-5-3-4-6-17(14)27)12-26-28(19)18-8-7-15(11-25-18)21(22,23)24/h3-8,11-13H,9-10H2,1-2H3. The largest absolute Gasteiger partial charge is 0.417 e. The van der Waals surface area contributed by atoms with Gasteiger partial charge in [-0.1, -0.05) is 32.0 Å². The minimum Gasteiger partial charge on any atom is -0.308 e. The van der Waals surface area contributed by atoms with Gasteiger partial charge in [-0.3, -0.25) is 4.79 Å². The highest BCUT2D eigenvalue weighted by molar-refractivity contribution is 6.08. The Hall–Kier alpha value is -3.16. The molecular weight excluding hydrogens is 381 g/mol. The lowest BCUT2D eigenvalue weighted by Crippen LogP contribution is -2.29. The van der Waals surface area contributed by atoms with Crippen LogP contribution in [0, 0.1) is 0 Å². The van der Waals surface area contributed by atoms with Crippen molar-refractivity contribution in [3.05, 3.63) is 71.2 Å². The zero-order valence-electron chi connectivity index (χ0n) is 15.9. The molecule has 1 amide bonds.